The van der Waals surface area contributed by atoms with Gasteiger partial charge in [-0.2, -0.15) is 0 Å². The molecule has 102 valence electrons. The maximum atomic E-state index is 3.57. The Kier molecular flexibility index (Phi) is 7.45. The molecule has 0 bridgehead atoms. The first-order chi connectivity index (χ1) is 8.85. The van der Waals surface area contributed by atoms with Gasteiger partial charge in [0.15, 0.2) is 0 Å². The summed E-state index contributed by atoms with van der Waals surface area (Å²) in [6, 6.07) is 10.7. The first kappa shape index (κ1) is 15.6. The van der Waals surface area contributed by atoms with Gasteiger partial charge in [-0.05, 0) is 32.0 Å². The number of thioether (sulfide) groups is 1. The number of hydrogen-bond acceptors (Lipinski definition) is 2. The van der Waals surface area contributed by atoms with Gasteiger partial charge in [0.2, 0.25) is 0 Å². The van der Waals surface area contributed by atoms with E-state index in [0.29, 0.717) is 5.54 Å². The molecule has 1 aromatic carbocycles. The van der Waals surface area contributed by atoms with E-state index in [0.717, 1.165) is 0 Å². The van der Waals surface area contributed by atoms with Crippen LogP contribution in [0.15, 0.2) is 35.2 Å². The van der Waals surface area contributed by atoms with Gasteiger partial charge in [-0.15, -0.1) is 11.8 Å². The zero-order chi connectivity index (χ0) is 13.3. The van der Waals surface area contributed by atoms with Crippen LogP contribution < -0.4 is 5.32 Å². The van der Waals surface area contributed by atoms with Crippen molar-refractivity contribution in [2.75, 3.05) is 12.8 Å². The van der Waals surface area contributed by atoms with Crippen LogP contribution in [0.3, 0.4) is 0 Å². The molecule has 2 heteroatoms. The zero-order valence-electron chi connectivity index (χ0n) is 12.0. The molecule has 0 spiro atoms. The molecule has 0 atom stereocenters. The van der Waals surface area contributed by atoms with Crippen LogP contribution in [0.4, 0.5) is 0 Å². The summed E-state index contributed by atoms with van der Waals surface area (Å²) in [6.07, 6.45) is 6.86. The van der Waals surface area contributed by atoms with Crippen LogP contribution in [0, 0.1) is 0 Å². The average Bonchev–Trinajstić information content (AvgIpc) is 2.49. The van der Waals surface area contributed by atoms with Gasteiger partial charge in [0, 0.05) is 16.2 Å². The van der Waals surface area contributed by atoms with E-state index in [2.05, 4.69) is 42.7 Å². The van der Waals surface area contributed by atoms with E-state index in [1.807, 2.05) is 25.6 Å². The van der Waals surface area contributed by atoms with Gasteiger partial charge >= 0.3 is 0 Å². The van der Waals surface area contributed by atoms with Crippen molar-refractivity contribution in [2.24, 2.45) is 0 Å². The number of rotatable bonds is 4. The van der Waals surface area contributed by atoms with E-state index in [4.69, 9.17) is 0 Å². The fourth-order valence-electron chi connectivity index (χ4n) is 2.43. The number of benzene rings is 1. The van der Waals surface area contributed by atoms with Crippen LogP contribution in [0.5, 0.6) is 0 Å². The van der Waals surface area contributed by atoms with E-state index < -0.39 is 0 Å². The van der Waals surface area contributed by atoms with Gasteiger partial charge in [0.1, 0.15) is 0 Å². The lowest BCUT2D eigenvalue weighted by Gasteiger charge is -2.37. The van der Waals surface area contributed by atoms with Gasteiger partial charge < -0.3 is 5.32 Å². The van der Waals surface area contributed by atoms with Crippen LogP contribution >= 0.6 is 11.8 Å². The molecule has 0 heterocycles. The van der Waals surface area contributed by atoms with Crippen molar-refractivity contribution in [3.8, 4) is 0 Å². The summed E-state index contributed by atoms with van der Waals surface area (Å²) < 4.78 is 0. The molecule has 1 fully saturated rings. The van der Waals surface area contributed by atoms with E-state index in [1.54, 1.807) is 0 Å². The Morgan fingerprint density at radius 3 is 2.22 bits per heavy atom. The van der Waals surface area contributed by atoms with Crippen molar-refractivity contribution in [1.82, 2.24) is 5.32 Å². The number of hydrogen-bond donors (Lipinski definition) is 1. The Labute approximate surface area is 117 Å². The van der Waals surface area contributed by atoms with Crippen molar-refractivity contribution < 1.29 is 0 Å². The lowest BCUT2D eigenvalue weighted by molar-refractivity contribution is 0.277. The third kappa shape index (κ3) is 4.66. The fraction of sp³-hybridized carbons (Fsp3) is 0.625. The van der Waals surface area contributed by atoms with Gasteiger partial charge in [-0.25, -0.2) is 0 Å². The molecule has 0 amide bonds. The Morgan fingerprint density at radius 2 is 1.67 bits per heavy atom. The predicted molar refractivity (Wildman–Crippen MR) is 83.4 cm³/mol. The minimum atomic E-state index is 0.388. The van der Waals surface area contributed by atoms with Crippen LogP contribution in [0.25, 0.3) is 0 Å². The monoisotopic (exact) mass is 265 g/mol. The smallest absolute Gasteiger partial charge is 0.0272 e. The highest BCUT2D eigenvalue weighted by Gasteiger charge is 2.29. The summed E-state index contributed by atoms with van der Waals surface area (Å²) in [6.45, 7) is 4.00. The first-order valence-corrected chi connectivity index (χ1v) is 8.20. The van der Waals surface area contributed by atoms with Gasteiger partial charge in [0.05, 0.1) is 0 Å². The van der Waals surface area contributed by atoms with E-state index in [1.165, 1.54) is 42.8 Å². The normalized spacial score (nSPS) is 17.7. The summed E-state index contributed by atoms with van der Waals surface area (Å²) in [5.41, 5.74) is 0.388. The minimum Gasteiger partial charge on any atom is -0.313 e. The molecule has 1 N–H and O–H groups in total. The Bertz CT molecular complexity index is 304. The van der Waals surface area contributed by atoms with Gasteiger partial charge in [-0.3, -0.25) is 0 Å². The molecule has 0 radical (unpaired) electrons. The highest BCUT2D eigenvalue weighted by atomic mass is 32.2. The molecule has 18 heavy (non-hydrogen) atoms. The second-order valence-corrected chi connectivity index (χ2v) is 5.74. The second kappa shape index (κ2) is 8.60. The Hall–Kier alpha value is -0.470. The molecular weight excluding hydrogens is 238 g/mol. The molecule has 1 aliphatic rings. The van der Waals surface area contributed by atoms with Crippen LogP contribution in [0.1, 0.15) is 46.0 Å². The fourth-order valence-corrected chi connectivity index (χ4v) is 3.66. The molecule has 0 aliphatic heterocycles. The summed E-state index contributed by atoms with van der Waals surface area (Å²) in [5, 5.41) is 3.57. The topological polar surface area (TPSA) is 12.0 Å². The third-order valence-electron chi connectivity index (χ3n) is 3.60. The maximum Gasteiger partial charge on any atom is 0.0272 e. The van der Waals surface area contributed by atoms with E-state index in [-0.39, 0.29) is 0 Å². The molecule has 0 saturated heterocycles. The Balaban J connectivity index is 0.000000771. The molecule has 1 aromatic rings. The lowest BCUT2D eigenvalue weighted by Crippen LogP contribution is -2.46. The minimum absolute atomic E-state index is 0.388. The average molecular weight is 265 g/mol. The molecule has 1 saturated carbocycles. The van der Waals surface area contributed by atoms with E-state index >= 15 is 0 Å². The van der Waals surface area contributed by atoms with Crippen molar-refractivity contribution in [3.63, 3.8) is 0 Å². The second-order valence-electron chi connectivity index (χ2n) is 4.69. The molecule has 0 unspecified atom stereocenters. The zero-order valence-corrected chi connectivity index (χ0v) is 12.9. The highest BCUT2D eigenvalue weighted by molar-refractivity contribution is 7.99. The van der Waals surface area contributed by atoms with Gasteiger partial charge in [0.25, 0.3) is 0 Å². The van der Waals surface area contributed by atoms with Gasteiger partial charge in [-0.1, -0.05) is 51.3 Å². The highest BCUT2D eigenvalue weighted by Crippen LogP contribution is 2.33. The summed E-state index contributed by atoms with van der Waals surface area (Å²) >= 11 is 1.99. The maximum absolute atomic E-state index is 3.57. The van der Waals surface area contributed by atoms with Crippen molar-refractivity contribution >= 4 is 11.8 Å². The Morgan fingerprint density at radius 1 is 1.06 bits per heavy atom. The van der Waals surface area contributed by atoms with Crippen molar-refractivity contribution in [3.05, 3.63) is 30.3 Å². The molecule has 1 aliphatic carbocycles. The summed E-state index contributed by atoms with van der Waals surface area (Å²) in [4.78, 5) is 1.39. The van der Waals surface area contributed by atoms with Crippen molar-refractivity contribution in [1.29, 1.82) is 0 Å². The van der Waals surface area contributed by atoms with E-state index in [9.17, 15) is 0 Å². The molecule has 1 nitrogen and oxygen atoms in total. The molecular formula is C16H27NS. The summed E-state index contributed by atoms with van der Waals surface area (Å²) in [5.74, 6) is 1.20. The first-order valence-electron chi connectivity index (χ1n) is 7.21. The predicted octanol–water partition coefficient (Wildman–Crippen LogP) is 4.73. The lowest BCUT2D eigenvalue weighted by atomic mass is 9.83. The number of nitrogens with one attached hydrogen (secondary N) is 1. The van der Waals surface area contributed by atoms with Crippen LogP contribution in [-0.2, 0) is 0 Å². The van der Waals surface area contributed by atoms with Crippen LogP contribution in [-0.4, -0.2) is 18.3 Å². The largest absolute Gasteiger partial charge is 0.313 e. The quantitative estimate of drug-likeness (QED) is 0.790. The molecule has 2 rings (SSSR count). The SMILES string of the molecule is CC.CNC1(CSc2ccccc2)CCCCC1. The standard InChI is InChI=1S/C14H21NS.C2H6/c1-15-14(10-6-3-7-11-14)12-16-13-8-4-2-5-9-13;1-2/h2,4-5,8-9,15H,3,6-7,10-12H2,1H3;1-2H3. The molecule has 0 aromatic heterocycles. The van der Waals surface area contributed by atoms with Crippen molar-refractivity contribution in [2.45, 2.75) is 56.4 Å². The third-order valence-corrected chi connectivity index (χ3v) is 4.90. The summed E-state index contributed by atoms with van der Waals surface area (Å²) in [7, 11) is 2.12. The van der Waals surface area contributed by atoms with Crippen LogP contribution in [0.2, 0.25) is 0 Å².